The van der Waals surface area contributed by atoms with Crippen LogP contribution < -0.4 is 4.90 Å². The normalized spacial score (nSPS) is 19.4. The third kappa shape index (κ3) is 3.99. The second-order valence-electron chi connectivity index (χ2n) is 17.6. The van der Waals surface area contributed by atoms with E-state index in [1.807, 2.05) is 0 Å². The van der Waals surface area contributed by atoms with E-state index in [9.17, 15) is 0 Å². The van der Waals surface area contributed by atoms with E-state index in [0.29, 0.717) is 0 Å². The number of allylic oxidation sites excluding steroid dienone is 5. The Labute approximate surface area is 313 Å². The van der Waals surface area contributed by atoms with Gasteiger partial charge in [-0.25, -0.2) is 0 Å². The summed E-state index contributed by atoms with van der Waals surface area (Å²) in [5, 5.41) is 1.37. The van der Waals surface area contributed by atoms with Crippen molar-refractivity contribution in [3.8, 4) is 16.8 Å². The SMILES string of the molecule is CC1(C)C2=C(CCC(C3=Cc4c(n(-c5ccccc5)c5cc6c(cc45)-c4ccccc4C6(C)C)CC3)=C2)N2c3ccccc3C(C)(C)c3cccc1c32. The van der Waals surface area contributed by atoms with Gasteiger partial charge in [-0.3, -0.25) is 0 Å². The van der Waals surface area contributed by atoms with E-state index < -0.39 is 0 Å². The number of nitrogens with zero attached hydrogens (tertiary/aromatic N) is 2. The van der Waals surface area contributed by atoms with Crippen LogP contribution in [0, 0.1) is 0 Å². The fourth-order valence-electron chi connectivity index (χ4n) is 11.0. The lowest BCUT2D eigenvalue weighted by Gasteiger charge is -2.51. The van der Waals surface area contributed by atoms with Crippen molar-refractivity contribution in [3.05, 3.63) is 177 Å². The van der Waals surface area contributed by atoms with Gasteiger partial charge in [-0.15, -0.1) is 0 Å². The van der Waals surface area contributed by atoms with Gasteiger partial charge in [0.25, 0.3) is 0 Å². The predicted octanol–water partition coefficient (Wildman–Crippen LogP) is 13.0. The van der Waals surface area contributed by atoms with Gasteiger partial charge in [-0.2, -0.15) is 0 Å². The number of fused-ring (bicyclic) bond motifs is 9. The van der Waals surface area contributed by atoms with E-state index >= 15 is 0 Å². The molecule has 0 atom stereocenters. The van der Waals surface area contributed by atoms with E-state index in [2.05, 4.69) is 172 Å². The highest BCUT2D eigenvalue weighted by Gasteiger charge is 2.46. The third-order valence-electron chi connectivity index (χ3n) is 13.8. The van der Waals surface area contributed by atoms with Gasteiger partial charge < -0.3 is 9.47 Å². The highest BCUT2D eigenvalue weighted by atomic mass is 15.2. The Morgan fingerprint density at radius 2 is 1.15 bits per heavy atom. The molecule has 260 valence electrons. The first-order valence-corrected chi connectivity index (χ1v) is 19.6. The van der Waals surface area contributed by atoms with Gasteiger partial charge in [-0.05, 0) is 118 Å². The maximum Gasteiger partial charge on any atom is 0.0541 e. The smallest absolute Gasteiger partial charge is 0.0541 e. The number of para-hydroxylation sites is 3. The van der Waals surface area contributed by atoms with Gasteiger partial charge in [-0.1, -0.05) is 126 Å². The topological polar surface area (TPSA) is 8.17 Å². The van der Waals surface area contributed by atoms with Crippen LogP contribution in [0.15, 0.2) is 138 Å². The third-order valence-corrected chi connectivity index (χ3v) is 13.8. The molecule has 53 heavy (non-hydrogen) atoms. The van der Waals surface area contributed by atoms with Crippen molar-refractivity contribution in [1.82, 2.24) is 4.57 Å². The van der Waals surface area contributed by atoms with Gasteiger partial charge in [0.15, 0.2) is 0 Å². The molecule has 0 saturated heterocycles. The van der Waals surface area contributed by atoms with E-state index in [1.165, 1.54) is 101 Å². The summed E-state index contributed by atoms with van der Waals surface area (Å²) in [4.78, 5) is 2.65. The molecule has 0 spiro atoms. The molecular formula is C51H46N2. The minimum absolute atomic E-state index is 0.0391. The lowest BCUT2D eigenvalue weighted by atomic mass is 9.64. The number of anilines is 2. The molecule has 0 unspecified atom stereocenters. The summed E-state index contributed by atoms with van der Waals surface area (Å²) in [6, 6.07) is 41.3. The Hall–Kier alpha value is -5.34. The molecule has 0 bridgehead atoms. The summed E-state index contributed by atoms with van der Waals surface area (Å²) >= 11 is 0. The van der Waals surface area contributed by atoms with E-state index in [4.69, 9.17) is 0 Å². The first kappa shape index (κ1) is 31.2. The van der Waals surface area contributed by atoms with Gasteiger partial charge in [0.1, 0.15) is 0 Å². The molecule has 0 N–H and O–H groups in total. The van der Waals surface area contributed by atoms with Crippen molar-refractivity contribution in [2.45, 2.75) is 83.5 Å². The average molecular weight is 687 g/mol. The van der Waals surface area contributed by atoms with Crippen LogP contribution in [0.5, 0.6) is 0 Å². The second kappa shape index (κ2) is 10.4. The molecule has 3 heterocycles. The molecule has 2 aliphatic heterocycles. The Bertz CT molecular complexity index is 2690. The molecule has 0 saturated carbocycles. The van der Waals surface area contributed by atoms with E-state index in [-0.39, 0.29) is 16.2 Å². The highest BCUT2D eigenvalue weighted by Crippen LogP contribution is 2.60. The van der Waals surface area contributed by atoms with Crippen LogP contribution in [0.1, 0.15) is 99.9 Å². The first-order chi connectivity index (χ1) is 25.6. The molecule has 0 amide bonds. The largest absolute Gasteiger partial charge is 0.313 e. The second-order valence-corrected chi connectivity index (χ2v) is 17.6. The molecule has 5 aliphatic rings. The minimum Gasteiger partial charge on any atom is -0.313 e. The Morgan fingerprint density at radius 1 is 0.509 bits per heavy atom. The van der Waals surface area contributed by atoms with Gasteiger partial charge in [0, 0.05) is 50.0 Å². The summed E-state index contributed by atoms with van der Waals surface area (Å²) in [5.74, 6) is 0. The van der Waals surface area contributed by atoms with Crippen LogP contribution >= 0.6 is 0 Å². The van der Waals surface area contributed by atoms with Crippen LogP contribution in [0.4, 0.5) is 11.4 Å². The van der Waals surface area contributed by atoms with Gasteiger partial charge in [0.05, 0.1) is 11.2 Å². The Morgan fingerprint density at radius 3 is 1.96 bits per heavy atom. The number of rotatable bonds is 2. The Kier molecular flexibility index (Phi) is 6.13. The van der Waals surface area contributed by atoms with E-state index in [0.717, 1.165) is 25.7 Å². The fraction of sp³-hybridized carbons (Fsp3) is 0.255. The maximum atomic E-state index is 2.65. The number of aromatic nitrogens is 1. The summed E-state index contributed by atoms with van der Waals surface area (Å²) in [6.45, 7) is 14.5. The molecule has 11 rings (SSSR count). The van der Waals surface area contributed by atoms with Crippen LogP contribution in [0.3, 0.4) is 0 Å². The first-order valence-electron chi connectivity index (χ1n) is 19.6. The van der Waals surface area contributed by atoms with Crippen molar-refractivity contribution >= 4 is 28.4 Å². The van der Waals surface area contributed by atoms with Crippen LogP contribution in [0.2, 0.25) is 0 Å². The average Bonchev–Trinajstić information content (AvgIpc) is 3.61. The van der Waals surface area contributed by atoms with Crippen LogP contribution in [-0.2, 0) is 22.7 Å². The van der Waals surface area contributed by atoms with Gasteiger partial charge in [0.2, 0.25) is 0 Å². The fourth-order valence-corrected chi connectivity index (χ4v) is 11.0. The quantitative estimate of drug-likeness (QED) is 0.176. The predicted molar refractivity (Wildman–Crippen MR) is 222 cm³/mol. The minimum atomic E-state index is -0.102. The number of hydrogen-bond acceptors (Lipinski definition) is 1. The van der Waals surface area contributed by atoms with Crippen molar-refractivity contribution in [2.75, 3.05) is 4.90 Å². The van der Waals surface area contributed by atoms with Gasteiger partial charge >= 0.3 is 0 Å². The molecule has 5 aromatic carbocycles. The van der Waals surface area contributed by atoms with Crippen molar-refractivity contribution in [3.63, 3.8) is 0 Å². The number of benzene rings is 5. The molecule has 2 nitrogen and oxygen atoms in total. The van der Waals surface area contributed by atoms with Crippen molar-refractivity contribution in [1.29, 1.82) is 0 Å². The molecular weight excluding hydrogens is 641 g/mol. The summed E-state index contributed by atoms with van der Waals surface area (Å²) in [7, 11) is 0. The van der Waals surface area contributed by atoms with Crippen molar-refractivity contribution in [2.24, 2.45) is 0 Å². The van der Waals surface area contributed by atoms with E-state index in [1.54, 1.807) is 0 Å². The molecule has 1 aromatic heterocycles. The zero-order valence-electron chi connectivity index (χ0n) is 31.8. The zero-order valence-corrected chi connectivity index (χ0v) is 31.8. The van der Waals surface area contributed by atoms with Crippen LogP contribution in [-0.4, -0.2) is 4.57 Å². The molecule has 6 aromatic rings. The molecule has 0 radical (unpaired) electrons. The standard InChI is InChI=1S/C51H46N2/c1-49(2)38-18-11-10-17-34(38)35-29-37-36-27-31(23-25-44(36)52(47(37)30-42(35)49)33-15-8-7-9-16-33)32-24-26-46-43(28-32)51(5,6)41-21-14-20-40-48(41)53(46)45-22-13-12-19-39(45)50(40,3)4/h7-22,27-30H,23-26H2,1-6H3. The highest BCUT2D eigenvalue weighted by molar-refractivity contribution is 6.00. The maximum absolute atomic E-state index is 2.65. The summed E-state index contributed by atoms with van der Waals surface area (Å²) in [6.07, 6.45) is 9.38. The summed E-state index contributed by atoms with van der Waals surface area (Å²) < 4.78 is 2.57. The van der Waals surface area contributed by atoms with Crippen LogP contribution in [0.25, 0.3) is 33.8 Å². The lowest BCUT2D eigenvalue weighted by molar-refractivity contribution is 0.573. The number of hydrogen-bond donors (Lipinski definition) is 0. The zero-order chi connectivity index (χ0) is 36.0. The summed E-state index contributed by atoms with van der Waals surface area (Å²) in [5.41, 5.74) is 23.9. The molecule has 0 fully saturated rings. The molecule has 2 heteroatoms. The lowest BCUT2D eigenvalue weighted by Crippen LogP contribution is -2.41. The molecule has 3 aliphatic carbocycles. The van der Waals surface area contributed by atoms with Crippen molar-refractivity contribution < 1.29 is 0 Å². The Balaban J connectivity index is 1.10. The monoisotopic (exact) mass is 686 g/mol.